The summed E-state index contributed by atoms with van der Waals surface area (Å²) in [6.07, 6.45) is 4.04. The number of benzene rings is 1. The van der Waals surface area contributed by atoms with E-state index in [1.165, 1.54) is 6.42 Å². The Labute approximate surface area is 132 Å². The number of unbranched alkanes of at least 4 members (excludes halogenated alkanes) is 1. The first-order chi connectivity index (χ1) is 10.7. The zero-order valence-corrected chi connectivity index (χ0v) is 13.2. The molecule has 1 amide bonds. The van der Waals surface area contributed by atoms with Gasteiger partial charge in [0.05, 0.1) is 0 Å². The van der Waals surface area contributed by atoms with Gasteiger partial charge in [0.1, 0.15) is 6.61 Å². The first-order valence-electron chi connectivity index (χ1n) is 8.16. The molecule has 1 atom stereocenters. The molecule has 0 bridgehead atoms. The van der Waals surface area contributed by atoms with Crippen molar-refractivity contribution < 1.29 is 9.53 Å². The molecule has 1 aliphatic heterocycles. The minimum absolute atomic E-state index is 0.318. The maximum absolute atomic E-state index is 11.6. The average molecular weight is 305 g/mol. The molecule has 0 saturated carbocycles. The molecular formula is C17H27N3O2. The van der Waals surface area contributed by atoms with Gasteiger partial charge in [-0.2, -0.15) is 0 Å². The summed E-state index contributed by atoms with van der Waals surface area (Å²) in [6, 6.07) is 10.0. The number of amides is 1. The normalized spacial score (nSPS) is 18.9. The Hall–Kier alpha value is -1.59. The second-order valence-electron chi connectivity index (χ2n) is 5.90. The predicted molar refractivity (Wildman–Crippen MR) is 87.5 cm³/mol. The van der Waals surface area contributed by atoms with E-state index >= 15 is 0 Å². The molecule has 0 spiro atoms. The molecule has 0 unspecified atom stereocenters. The molecule has 1 fully saturated rings. The number of rotatable bonds is 7. The van der Waals surface area contributed by atoms with E-state index in [2.05, 4.69) is 10.2 Å². The molecule has 1 aromatic carbocycles. The summed E-state index contributed by atoms with van der Waals surface area (Å²) < 4.78 is 5.16. The first-order valence-corrected chi connectivity index (χ1v) is 8.16. The number of carbonyl (C=O) groups is 1. The van der Waals surface area contributed by atoms with Gasteiger partial charge in [0.2, 0.25) is 0 Å². The van der Waals surface area contributed by atoms with Crippen molar-refractivity contribution in [2.24, 2.45) is 5.73 Å². The van der Waals surface area contributed by atoms with E-state index in [9.17, 15) is 4.79 Å². The largest absolute Gasteiger partial charge is 0.445 e. The van der Waals surface area contributed by atoms with Crippen LogP contribution in [-0.2, 0) is 11.3 Å². The number of hydrogen-bond acceptors (Lipinski definition) is 4. The van der Waals surface area contributed by atoms with Crippen molar-refractivity contribution in [1.29, 1.82) is 0 Å². The lowest BCUT2D eigenvalue weighted by Gasteiger charge is -2.30. The van der Waals surface area contributed by atoms with Crippen LogP contribution in [0.2, 0.25) is 0 Å². The van der Waals surface area contributed by atoms with Crippen LogP contribution >= 0.6 is 0 Å². The van der Waals surface area contributed by atoms with E-state index in [0.29, 0.717) is 19.2 Å². The van der Waals surface area contributed by atoms with E-state index in [4.69, 9.17) is 10.5 Å². The number of nitrogens with one attached hydrogen (secondary N) is 1. The number of nitrogens with zero attached hydrogens (tertiary/aromatic N) is 1. The predicted octanol–water partition coefficient (Wildman–Crippen LogP) is 2.12. The van der Waals surface area contributed by atoms with Gasteiger partial charge in [-0.3, -0.25) is 0 Å². The van der Waals surface area contributed by atoms with Crippen molar-refractivity contribution in [1.82, 2.24) is 10.2 Å². The Morgan fingerprint density at radius 3 is 2.91 bits per heavy atom. The van der Waals surface area contributed by atoms with Crippen molar-refractivity contribution in [3.8, 4) is 0 Å². The van der Waals surface area contributed by atoms with Crippen molar-refractivity contribution in [2.75, 3.05) is 26.2 Å². The fourth-order valence-electron chi connectivity index (χ4n) is 2.72. The van der Waals surface area contributed by atoms with E-state index in [0.717, 1.165) is 44.5 Å². The topological polar surface area (TPSA) is 67.6 Å². The second kappa shape index (κ2) is 9.43. The molecule has 1 aliphatic rings. The number of hydrogen-bond donors (Lipinski definition) is 2. The molecule has 1 heterocycles. The SMILES string of the molecule is N[C@@H]1CCCN(CCCCNC(=O)OCc2ccccc2)C1. The van der Waals surface area contributed by atoms with Crippen LogP contribution in [0.4, 0.5) is 4.79 Å². The van der Waals surface area contributed by atoms with Crippen molar-refractivity contribution in [3.05, 3.63) is 35.9 Å². The second-order valence-corrected chi connectivity index (χ2v) is 5.90. The van der Waals surface area contributed by atoms with Gasteiger partial charge < -0.3 is 20.7 Å². The molecule has 0 aromatic heterocycles. The summed E-state index contributed by atoms with van der Waals surface area (Å²) in [5.41, 5.74) is 6.96. The third kappa shape index (κ3) is 6.45. The Bertz CT molecular complexity index is 439. The van der Waals surface area contributed by atoms with Crippen molar-refractivity contribution >= 4 is 6.09 Å². The van der Waals surface area contributed by atoms with Gasteiger partial charge in [0.25, 0.3) is 0 Å². The van der Waals surface area contributed by atoms with Crippen LogP contribution in [0, 0.1) is 0 Å². The quantitative estimate of drug-likeness (QED) is 0.757. The van der Waals surface area contributed by atoms with Crippen LogP contribution in [0.1, 0.15) is 31.2 Å². The zero-order chi connectivity index (χ0) is 15.6. The number of nitrogens with two attached hydrogens (primary N) is 1. The molecule has 5 nitrogen and oxygen atoms in total. The summed E-state index contributed by atoms with van der Waals surface area (Å²) in [7, 11) is 0. The Kier molecular flexibility index (Phi) is 7.19. The minimum atomic E-state index is -0.344. The summed E-state index contributed by atoms with van der Waals surface area (Å²) in [5, 5.41) is 2.80. The van der Waals surface area contributed by atoms with Gasteiger partial charge in [-0.15, -0.1) is 0 Å². The lowest BCUT2D eigenvalue weighted by Crippen LogP contribution is -2.43. The Morgan fingerprint density at radius 1 is 1.32 bits per heavy atom. The molecule has 1 aromatic rings. The first kappa shape index (κ1) is 16.8. The van der Waals surface area contributed by atoms with E-state index < -0.39 is 0 Å². The summed E-state index contributed by atoms with van der Waals surface area (Å²) in [6.45, 7) is 4.20. The number of carbonyl (C=O) groups excluding carboxylic acids is 1. The smallest absolute Gasteiger partial charge is 0.407 e. The van der Waals surface area contributed by atoms with Crippen LogP contribution < -0.4 is 11.1 Å². The van der Waals surface area contributed by atoms with Gasteiger partial charge in [0.15, 0.2) is 0 Å². The fraction of sp³-hybridized carbons (Fsp3) is 0.588. The molecule has 22 heavy (non-hydrogen) atoms. The number of piperidine rings is 1. The van der Waals surface area contributed by atoms with Gasteiger partial charge >= 0.3 is 6.09 Å². The van der Waals surface area contributed by atoms with Crippen LogP contribution in [0.3, 0.4) is 0 Å². The van der Waals surface area contributed by atoms with Crippen LogP contribution in [0.15, 0.2) is 30.3 Å². The van der Waals surface area contributed by atoms with Crippen molar-refractivity contribution in [3.63, 3.8) is 0 Å². The van der Waals surface area contributed by atoms with Crippen LogP contribution in [0.5, 0.6) is 0 Å². The average Bonchev–Trinajstić information content (AvgIpc) is 2.54. The van der Waals surface area contributed by atoms with Gasteiger partial charge in [-0.25, -0.2) is 4.79 Å². The molecule has 122 valence electrons. The Balaban J connectivity index is 1.48. The molecule has 1 saturated heterocycles. The molecule has 0 radical (unpaired) electrons. The fourth-order valence-corrected chi connectivity index (χ4v) is 2.72. The van der Waals surface area contributed by atoms with E-state index in [-0.39, 0.29) is 6.09 Å². The van der Waals surface area contributed by atoms with Gasteiger partial charge in [0, 0.05) is 19.1 Å². The summed E-state index contributed by atoms with van der Waals surface area (Å²) in [5.74, 6) is 0. The molecular weight excluding hydrogens is 278 g/mol. The highest BCUT2D eigenvalue weighted by atomic mass is 16.5. The summed E-state index contributed by atoms with van der Waals surface area (Å²) in [4.78, 5) is 14.0. The van der Waals surface area contributed by atoms with Crippen LogP contribution in [-0.4, -0.2) is 43.2 Å². The van der Waals surface area contributed by atoms with Crippen molar-refractivity contribution in [2.45, 2.75) is 38.3 Å². The third-order valence-electron chi connectivity index (χ3n) is 3.93. The third-order valence-corrected chi connectivity index (χ3v) is 3.93. The maximum Gasteiger partial charge on any atom is 0.407 e. The molecule has 3 N–H and O–H groups in total. The van der Waals surface area contributed by atoms with Gasteiger partial charge in [-0.05, 0) is 44.3 Å². The highest BCUT2D eigenvalue weighted by Gasteiger charge is 2.15. The lowest BCUT2D eigenvalue weighted by molar-refractivity contribution is 0.139. The Morgan fingerprint density at radius 2 is 2.14 bits per heavy atom. The number of likely N-dealkylation sites (tertiary alicyclic amines) is 1. The lowest BCUT2D eigenvalue weighted by atomic mass is 10.1. The monoisotopic (exact) mass is 305 g/mol. The molecule has 0 aliphatic carbocycles. The van der Waals surface area contributed by atoms with Crippen LogP contribution in [0.25, 0.3) is 0 Å². The highest BCUT2D eigenvalue weighted by Crippen LogP contribution is 2.08. The molecule has 2 rings (SSSR count). The molecule has 5 heteroatoms. The number of ether oxygens (including phenoxy) is 1. The summed E-state index contributed by atoms with van der Waals surface area (Å²) >= 11 is 0. The minimum Gasteiger partial charge on any atom is -0.445 e. The highest BCUT2D eigenvalue weighted by molar-refractivity contribution is 5.67. The maximum atomic E-state index is 11.6. The zero-order valence-electron chi connectivity index (χ0n) is 13.2. The van der Waals surface area contributed by atoms with Gasteiger partial charge in [-0.1, -0.05) is 30.3 Å². The van der Waals surface area contributed by atoms with E-state index in [1.807, 2.05) is 30.3 Å². The number of alkyl carbamates (subject to hydrolysis) is 1. The van der Waals surface area contributed by atoms with E-state index in [1.54, 1.807) is 0 Å². The standard InChI is InChI=1S/C17H27N3O2/c18-16-9-6-12-20(13-16)11-5-4-10-19-17(21)22-14-15-7-2-1-3-8-15/h1-3,7-8,16H,4-6,9-14,18H2,(H,19,21)/t16-/m1/s1.